The fraction of sp³-hybridized carbons (Fsp3) is 0.607. The molecule has 5 heteroatoms. The molecule has 0 bridgehead atoms. The molecule has 0 N–H and O–H groups in total. The molecular weight excluding hydrogens is 430 g/mol. The number of hydrogen-bond donors (Lipinski definition) is 0. The van der Waals surface area contributed by atoms with Gasteiger partial charge in [-0.05, 0) is 12.0 Å². The number of aromatic nitrogens is 1. The van der Waals surface area contributed by atoms with Gasteiger partial charge >= 0.3 is 0 Å². The van der Waals surface area contributed by atoms with Crippen molar-refractivity contribution in [2.75, 3.05) is 0 Å². The fourth-order valence-electron chi connectivity index (χ4n) is 3.85. The highest BCUT2D eigenvalue weighted by molar-refractivity contribution is 7.84. The lowest BCUT2D eigenvalue weighted by Gasteiger charge is -2.05. The Labute approximate surface area is 203 Å². The van der Waals surface area contributed by atoms with Crippen LogP contribution in [0.3, 0.4) is 0 Å². The predicted octanol–water partition coefficient (Wildman–Crippen LogP) is 7.19. The second-order valence-corrected chi connectivity index (χ2v) is 10.3. The van der Waals surface area contributed by atoms with Crippen LogP contribution in [-0.4, -0.2) is 13.0 Å². The van der Waals surface area contributed by atoms with Crippen molar-refractivity contribution < 1.29 is 17.5 Å². The van der Waals surface area contributed by atoms with Gasteiger partial charge in [-0.25, -0.2) is 13.0 Å². The Morgan fingerprint density at radius 1 is 0.636 bits per heavy atom. The minimum atomic E-state index is -4.13. The molecule has 2 aromatic rings. The van der Waals surface area contributed by atoms with Crippen LogP contribution in [0.1, 0.15) is 102 Å². The van der Waals surface area contributed by atoms with Crippen LogP contribution in [0, 0.1) is 0 Å². The number of pyridine rings is 1. The summed E-state index contributed by atoms with van der Waals surface area (Å²) in [7, 11) is -4.13. The second kappa shape index (κ2) is 19.7. The van der Waals surface area contributed by atoms with Crippen LogP contribution in [0.4, 0.5) is 0 Å². The number of nitrogens with zero attached hydrogens (tertiary/aromatic N) is 1. The van der Waals surface area contributed by atoms with Crippen molar-refractivity contribution in [3.05, 3.63) is 66.5 Å². The van der Waals surface area contributed by atoms with Gasteiger partial charge in [0.15, 0.2) is 12.4 Å². The average Bonchev–Trinajstić information content (AvgIpc) is 2.80. The Hall–Kier alpha value is -1.72. The number of hydrogen-bond acceptors (Lipinski definition) is 3. The molecule has 0 aliphatic rings. The first kappa shape index (κ1) is 29.3. The Morgan fingerprint density at radius 2 is 1.06 bits per heavy atom. The number of aryl methyl sites for hydroxylation is 1. The van der Waals surface area contributed by atoms with E-state index in [2.05, 4.69) is 42.1 Å². The van der Waals surface area contributed by atoms with Crippen LogP contribution in [0.15, 0.2) is 60.9 Å². The second-order valence-electron chi connectivity index (χ2n) is 8.90. The van der Waals surface area contributed by atoms with Crippen molar-refractivity contribution in [2.45, 2.75) is 109 Å². The highest BCUT2D eigenvalue weighted by Crippen LogP contribution is 2.12. The van der Waals surface area contributed by atoms with E-state index in [-0.39, 0.29) is 0 Å². The van der Waals surface area contributed by atoms with Crippen molar-refractivity contribution in [2.24, 2.45) is 0 Å². The van der Waals surface area contributed by atoms with E-state index in [9.17, 15) is 13.0 Å². The van der Waals surface area contributed by atoms with E-state index in [0.717, 1.165) is 0 Å². The summed E-state index contributed by atoms with van der Waals surface area (Å²) in [4.78, 5) is 0. The molecule has 1 aromatic carbocycles. The zero-order chi connectivity index (χ0) is 24.0. The van der Waals surface area contributed by atoms with Gasteiger partial charge in [-0.3, -0.25) is 0 Å². The lowest BCUT2D eigenvalue weighted by atomic mass is 10.0. The maximum absolute atomic E-state index is 10.2. The van der Waals surface area contributed by atoms with E-state index in [4.69, 9.17) is 0 Å². The summed E-state index contributed by atoms with van der Waals surface area (Å²) >= 11 is 0. The highest BCUT2D eigenvalue weighted by Gasteiger charge is 1.98. The van der Waals surface area contributed by atoms with Crippen molar-refractivity contribution in [3.8, 4) is 0 Å². The molecule has 1 aromatic heterocycles. The van der Waals surface area contributed by atoms with Crippen LogP contribution in [-0.2, 0) is 22.4 Å². The maximum Gasteiger partial charge on any atom is 0.168 e. The summed E-state index contributed by atoms with van der Waals surface area (Å²) in [5, 5.41) is 0. The van der Waals surface area contributed by atoms with Gasteiger partial charge in [0.1, 0.15) is 6.54 Å². The van der Waals surface area contributed by atoms with Gasteiger partial charge in [0, 0.05) is 18.6 Å². The van der Waals surface area contributed by atoms with Gasteiger partial charge in [-0.1, -0.05) is 120 Å². The monoisotopic (exact) mass is 475 g/mol. The third-order valence-corrected chi connectivity index (χ3v) is 6.42. The first-order valence-corrected chi connectivity index (χ1v) is 14.5. The van der Waals surface area contributed by atoms with E-state index in [0.29, 0.717) is 5.56 Å². The van der Waals surface area contributed by atoms with E-state index in [1.54, 1.807) is 30.3 Å². The number of rotatable bonds is 17. The molecule has 0 fully saturated rings. The highest BCUT2D eigenvalue weighted by atomic mass is 32.2. The molecule has 0 aliphatic heterocycles. The minimum Gasteiger partial charge on any atom is -0.748 e. The minimum absolute atomic E-state index is 0.423. The summed E-state index contributed by atoms with van der Waals surface area (Å²) in [5.74, 6) is -0.423. The van der Waals surface area contributed by atoms with Crippen molar-refractivity contribution >= 4 is 10.1 Å². The average molecular weight is 476 g/mol. The third-order valence-electron chi connectivity index (χ3n) is 5.73. The Balaban J connectivity index is 0.000000412. The lowest BCUT2D eigenvalue weighted by molar-refractivity contribution is -0.697. The first-order chi connectivity index (χ1) is 16.0. The van der Waals surface area contributed by atoms with E-state index in [1.807, 2.05) is 0 Å². The summed E-state index contributed by atoms with van der Waals surface area (Å²) in [6, 6.07) is 14.7. The van der Waals surface area contributed by atoms with Gasteiger partial charge in [-0.2, -0.15) is 0 Å². The molecule has 0 saturated heterocycles. The molecule has 186 valence electrons. The molecule has 0 saturated carbocycles. The van der Waals surface area contributed by atoms with E-state index in [1.165, 1.54) is 96.4 Å². The SMILES string of the molecule is CCCCCCCCCCCCCCCC[n+]1ccccc1.O=S(=O)([O-])Cc1ccccc1. The van der Waals surface area contributed by atoms with Crippen LogP contribution in [0.5, 0.6) is 0 Å². The van der Waals surface area contributed by atoms with Gasteiger partial charge < -0.3 is 4.55 Å². The zero-order valence-corrected chi connectivity index (χ0v) is 21.5. The van der Waals surface area contributed by atoms with E-state index < -0.39 is 15.9 Å². The van der Waals surface area contributed by atoms with Crippen molar-refractivity contribution in [3.63, 3.8) is 0 Å². The Kier molecular flexibility index (Phi) is 17.5. The summed E-state index contributed by atoms with van der Waals surface area (Å²) in [6.45, 7) is 3.47. The molecule has 2 rings (SSSR count). The first-order valence-electron chi connectivity index (χ1n) is 12.9. The zero-order valence-electron chi connectivity index (χ0n) is 20.7. The molecule has 1 heterocycles. The molecule has 4 nitrogen and oxygen atoms in total. The molecule has 0 spiro atoms. The summed E-state index contributed by atoms with van der Waals surface area (Å²) < 4.78 is 33.0. The molecule has 0 atom stereocenters. The topological polar surface area (TPSA) is 61.1 Å². The van der Waals surface area contributed by atoms with Gasteiger partial charge in [-0.15, -0.1) is 0 Å². The van der Waals surface area contributed by atoms with Gasteiger partial charge in [0.05, 0.1) is 15.9 Å². The molecule has 33 heavy (non-hydrogen) atoms. The fourth-order valence-corrected chi connectivity index (χ4v) is 4.45. The molecule has 0 amide bonds. The van der Waals surface area contributed by atoms with Crippen molar-refractivity contribution in [1.82, 2.24) is 0 Å². The molecule has 0 radical (unpaired) electrons. The molecule has 0 aliphatic carbocycles. The third kappa shape index (κ3) is 19.5. The Bertz CT molecular complexity index is 779. The smallest absolute Gasteiger partial charge is 0.168 e. The largest absolute Gasteiger partial charge is 0.748 e. The normalized spacial score (nSPS) is 11.1. The van der Waals surface area contributed by atoms with E-state index >= 15 is 0 Å². The van der Waals surface area contributed by atoms with Gasteiger partial charge in [0.25, 0.3) is 0 Å². The number of unbranched alkanes of at least 4 members (excludes halogenated alkanes) is 13. The predicted molar refractivity (Wildman–Crippen MR) is 137 cm³/mol. The number of benzene rings is 1. The lowest BCUT2D eigenvalue weighted by Crippen LogP contribution is -2.32. The van der Waals surface area contributed by atoms with Crippen LogP contribution in [0.25, 0.3) is 0 Å². The van der Waals surface area contributed by atoms with Crippen LogP contribution >= 0.6 is 0 Å². The maximum atomic E-state index is 10.2. The van der Waals surface area contributed by atoms with Crippen LogP contribution < -0.4 is 4.57 Å². The summed E-state index contributed by atoms with van der Waals surface area (Å²) in [5.41, 5.74) is 0.530. The summed E-state index contributed by atoms with van der Waals surface area (Å²) in [6.07, 6.45) is 24.4. The van der Waals surface area contributed by atoms with Crippen molar-refractivity contribution in [1.29, 1.82) is 0 Å². The van der Waals surface area contributed by atoms with Gasteiger partial charge in [0.2, 0.25) is 0 Å². The standard InChI is InChI=1S/C21H38N.C7H8O3S/c1-2-3-4-5-6-7-8-9-10-11-12-13-14-16-19-22-20-17-15-18-21-22;8-11(9,10)6-7-4-2-1-3-5-7/h15,17-18,20-21H,2-14,16,19H2,1H3;1-5H,6H2,(H,8,9,10)/q+1;/p-1. The molecule has 0 unspecified atom stereocenters. The quantitative estimate of drug-likeness (QED) is 0.138. The Morgan fingerprint density at radius 3 is 1.52 bits per heavy atom. The van der Waals surface area contributed by atoms with Crippen LogP contribution in [0.2, 0.25) is 0 Å². The molecular formula is C28H45NO3S.